The third-order valence-corrected chi connectivity index (χ3v) is 6.42. The van der Waals surface area contributed by atoms with E-state index in [2.05, 4.69) is 4.98 Å². The average molecular weight is 512 g/mol. The summed E-state index contributed by atoms with van der Waals surface area (Å²) < 4.78 is 63.5. The van der Waals surface area contributed by atoms with Crippen molar-refractivity contribution in [3.63, 3.8) is 0 Å². The molecule has 6 nitrogen and oxygen atoms in total. The molecule has 0 aliphatic rings. The van der Waals surface area contributed by atoms with Crippen LogP contribution in [0, 0.1) is 11.6 Å². The molecule has 0 aliphatic carbocycles. The van der Waals surface area contributed by atoms with E-state index in [-0.39, 0.29) is 22.1 Å². The van der Waals surface area contributed by atoms with Crippen molar-refractivity contribution in [2.24, 2.45) is 0 Å². The zero-order chi connectivity index (χ0) is 26.1. The van der Waals surface area contributed by atoms with Crippen molar-refractivity contribution in [2.45, 2.75) is 24.3 Å². The highest BCUT2D eigenvalue weighted by Gasteiger charge is 2.19. The minimum atomic E-state index is -3.70. The molecule has 0 aliphatic heterocycles. The highest BCUT2D eigenvalue weighted by molar-refractivity contribution is 7.90. The number of benzene rings is 3. The van der Waals surface area contributed by atoms with E-state index in [1.807, 2.05) is 0 Å². The zero-order valence-corrected chi connectivity index (χ0v) is 20.5. The molecule has 0 atom stereocenters. The van der Waals surface area contributed by atoms with Gasteiger partial charge < -0.3 is 14.6 Å². The van der Waals surface area contributed by atoms with Gasteiger partial charge >= 0.3 is 0 Å². The topological polar surface area (TPSA) is 85.7 Å². The molecule has 186 valence electrons. The number of hydrogen-bond acceptors (Lipinski definition) is 6. The Morgan fingerprint density at radius 2 is 1.47 bits per heavy atom. The van der Waals surface area contributed by atoms with E-state index >= 15 is 0 Å². The van der Waals surface area contributed by atoms with Crippen LogP contribution in [-0.4, -0.2) is 24.8 Å². The third-order valence-electron chi connectivity index (χ3n) is 5.31. The van der Waals surface area contributed by atoms with E-state index in [4.69, 9.17) is 9.47 Å². The highest BCUT2D eigenvalue weighted by atomic mass is 32.2. The van der Waals surface area contributed by atoms with E-state index in [0.717, 1.165) is 18.4 Å². The molecule has 3 aromatic carbocycles. The molecule has 0 spiro atoms. The van der Waals surface area contributed by atoms with E-state index < -0.39 is 27.1 Å². The van der Waals surface area contributed by atoms with Gasteiger partial charge in [0.05, 0.1) is 11.8 Å². The fourth-order valence-corrected chi connectivity index (χ4v) is 4.23. The van der Waals surface area contributed by atoms with Crippen molar-refractivity contribution in [2.75, 3.05) is 6.26 Å². The number of halogens is 2. The second-order valence-electron chi connectivity index (χ2n) is 8.71. The first kappa shape index (κ1) is 25.3. The molecule has 36 heavy (non-hydrogen) atoms. The second kappa shape index (κ2) is 9.67. The van der Waals surface area contributed by atoms with Gasteiger partial charge in [-0.2, -0.15) is 0 Å². The van der Waals surface area contributed by atoms with E-state index in [1.165, 1.54) is 30.6 Å². The Kier molecular flexibility index (Phi) is 6.79. The summed E-state index contributed by atoms with van der Waals surface area (Å²) in [6.07, 6.45) is 3.95. The SMILES string of the molecule is CC(C)(O)c1ccc(Oc2ccc(Oc3cncc(-c4ccc(F)c(F)c4)c3)cc2S(C)(=O)=O)cc1. The van der Waals surface area contributed by atoms with E-state index in [1.54, 1.807) is 50.2 Å². The largest absolute Gasteiger partial charge is 0.456 e. The summed E-state index contributed by atoms with van der Waals surface area (Å²) in [7, 11) is -3.70. The lowest BCUT2D eigenvalue weighted by Gasteiger charge is -2.18. The van der Waals surface area contributed by atoms with Gasteiger partial charge in [0.1, 0.15) is 27.9 Å². The fraction of sp³-hybridized carbons (Fsp3) is 0.148. The Hall–Kier alpha value is -3.82. The van der Waals surface area contributed by atoms with Crippen LogP contribution in [0.4, 0.5) is 8.78 Å². The average Bonchev–Trinajstić information content (AvgIpc) is 2.81. The number of ether oxygens (including phenoxy) is 2. The molecule has 4 rings (SSSR count). The normalized spacial score (nSPS) is 11.8. The van der Waals surface area contributed by atoms with Gasteiger partial charge in [0.15, 0.2) is 21.5 Å². The molecule has 9 heteroatoms. The molecular weight excluding hydrogens is 488 g/mol. The maximum absolute atomic E-state index is 13.6. The van der Waals surface area contributed by atoms with Crippen molar-refractivity contribution in [3.05, 3.63) is 96.3 Å². The molecule has 0 radical (unpaired) electrons. The maximum Gasteiger partial charge on any atom is 0.179 e. The number of hydrogen-bond donors (Lipinski definition) is 1. The summed E-state index contributed by atoms with van der Waals surface area (Å²) in [5, 5.41) is 10.1. The zero-order valence-electron chi connectivity index (χ0n) is 19.7. The summed E-state index contributed by atoms with van der Waals surface area (Å²) in [4.78, 5) is 3.99. The molecule has 1 N–H and O–H groups in total. The summed E-state index contributed by atoms with van der Waals surface area (Å²) in [6.45, 7) is 3.32. The smallest absolute Gasteiger partial charge is 0.179 e. The predicted molar refractivity (Wildman–Crippen MR) is 131 cm³/mol. The van der Waals surface area contributed by atoms with Crippen molar-refractivity contribution < 1.29 is 31.8 Å². The van der Waals surface area contributed by atoms with Crippen LogP contribution in [0.1, 0.15) is 19.4 Å². The highest BCUT2D eigenvalue weighted by Crippen LogP contribution is 2.35. The standard InChI is InChI=1S/C27H23F2NO5S/c1-27(2,31)19-5-7-20(8-6-19)35-25-11-9-21(14-26(25)36(3,32)33)34-22-12-18(15-30-16-22)17-4-10-23(28)24(29)13-17/h4-16,31H,1-3H3. The van der Waals surface area contributed by atoms with Gasteiger partial charge in [-0.3, -0.25) is 4.98 Å². The number of pyridine rings is 1. The fourth-order valence-electron chi connectivity index (χ4n) is 3.43. The molecule has 0 unspecified atom stereocenters. The lowest BCUT2D eigenvalue weighted by atomic mass is 9.99. The molecule has 0 bridgehead atoms. The van der Waals surface area contributed by atoms with E-state index in [9.17, 15) is 22.3 Å². The molecule has 0 amide bonds. The molecule has 0 saturated heterocycles. The molecule has 1 aromatic heterocycles. The maximum atomic E-state index is 13.6. The summed E-state index contributed by atoms with van der Waals surface area (Å²) >= 11 is 0. The van der Waals surface area contributed by atoms with Crippen LogP contribution in [0.15, 0.2) is 84.0 Å². The summed E-state index contributed by atoms with van der Waals surface area (Å²) in [5.74, 6) is -0.957. The van der Waals surface area contributed by atoms with Crippen molar-refractivity contribution in [1.82, 2.24) is 4.98 Å². The van der Waals surface area contributed by atoms with Crippen LogP contribution in [0.3, 0.4) is 0 Å². The summed E-state index contributed by atoms with van der Waals surface area (Å²) in [6, 6.07) is 16.1. The Morgan fingerprint density at radius 1 is 0.778 bits per heavy atom. The van der Waals surface area contributed by atoms with Gasteiger partial charge in [-0.1, -0.05) is 18.2 Å². The van der Waals surface area contributed by atoms with E-state index in [0.29, 0.717) is 22.4 Å². The number of sulfone groups is 1. The van der Waals surface area contributed by atoms with Crippen molar-refractivity contribution >= 4 is 9.84 Å². The van der Waals surface area contributed by atoms with Gasteiger partial charge in [-0.15, -0.1) is 0 Å². The van der Waals surface area contributed by atoms with Crippen LogP contribution < -0.4 is 9.47 Å². The monoisotopic (exact) mass is 511 g/mol. The van der Waals surface area contributed by atoms with Gasteiger partial charge in [-0.05, 0) is 67.4 Å². The Labute approximate surface area is 207 Å². The minimum Gasteiger partial charge on any atom is -0.456 e. The Bertz CT molecular complexity index is 1510. The van der Waals surface area contributed by atoms with Gasteiger partial charge in [-0.25, -0.2) is 17.2 Å². The lowest BCUT2D eigenvalue weighted by Crippen LogP contribution is -2.14. The predicted octanol–water partition coefficient (Wildman–Crippen LogP) is 6.24. The second-order valence-corrected chi connectivity index (χ2v) is 10.7. The van der Waals surface area contributed by atoms with Crippen LogP contribution >= 0.6 is 0 Å². The molecular formula is C27H23F2NO5S. The molecule has 4 aromatic rings. The van der Waals surface area contributed by atoms with Crippen LogP contribution in [-0.2, 0) is 15.4 Å². The van der Waals surface area contributed by atoms with Gasteiger partial charge in [0.2, 0.25) is 0 Å². The first-order chi connectivity index (χ1) is 16.9. The third kappa shape index (κ3) is 5.87. The van der Waals surface area contributed by atoms with Crippen molar-refractivity contribution in [1.29, 1.82) is 0 Å². The summed E-state index contributed by atoms with van der Waals surface area (Å²) in [5.41, 5.74) is 0.556. The number of nitrogens with zero attached hydrogens (tertiary/aromatic N) is 1. The first-order valence-electron chi connectivity index (χ1n) is 10.8. The molecule has 1 heterocycles. The number of aromatic nitrogens is 1. The Balaban J connectivity index is 1.61. The number of aliphatic hydroxyl groups is 1. The van der Waals surface area contributed by atoms with Crippen molar-refractivity contribution in [3.8, 4) is 34.1 Å². The van der Waals surface area contributed by atoms with Crippen LogP contribution in [0.2, 0.25) is 0 Å². The van der Waals surface area contributed by atoms with Crippen LogP contribution in [0.5, 0.6) is 23.0 Å². The molecule has 0 fully saturated rings. The number of rotatable bonds is 7. The molecule has 0 saturated carbocycles. The quantitative estimate of drug-likeness (QED) is 0.316. The van der Waals surface area contributed by atoms with Gasteiger partial charge in [0, 0.05) is 24.1 Å². The van der Waals surface area contributed by atoms with Crippen LogP contribution in [0.25, 0.3) is 11.1 Å². The lowest BCUT2D eigenvalue weighted by molar-refractivity contribution is 0.0785. The Morgan fingerprint density at radius 3 is 2.11 bits per heavy atom. The first-order valence-corrected chi connectivity index (χ1v) is 12.7. The minimum absolute atomic E-state index is 0.0868. The van der Waals surface area contributed by atoms with Gasteiger partial charge in [0.25, 0.3) is 0 Å².